The number of methoxy groups -OCH3 is 2. The summed E-state index contributed by atoms with van der Waals surface area (Å²) in [6.07, 6.45) is 2.90. The molecule has 0 aliphatic carbocycles. The zero-order valence-electron chi connectivity index (χ0n) is 19.3. The summed E-state index contributed by atoms with van der Waals surface area (Å²) in [5.74, 6) is 2.35. The minimum atomic E-state index is -0.701. The minimum absolute atomic E-state index is 0.420. The van der Waals surface area contributed by atoms with Gasteiger partial charge in [0.15, 0.2) is 11.5 Å². The maximum absolute atomic E-state index is 12.0. The number of ether oxygens (including phenoxy) is 3. The second-order valence-electron chi connectivity index (χ2n) is 7.35. The molecule has 1 aliphatic rings. The van der Waals surface area contributed by atoms with Gasteiger partial charge in [0.2, 0.25) is 11.7 Å². The van der Waals surface area contributed by atoms with E-state index in [9.17, 15) is 4.79 Å². The van der Waals surface area contributed by atoms with Crippen molar-refractivity contribution >= 4 is 34.3 Å². The molecule has 10 heteroatoms. The van der Waals surface area contributed by atoms with Gasteiger partial charge in [-0.25, -0.2) is 9.79 Å². The maximum Gasteiger partial charge on any atom is 0.434 e. The predicted molar refractivity (Wildman–Crippen MR) is 131 cm³/mol. The average molecular weight is 481 g/mol. The summed E-state index contributed by atoms with van der Waals surface area (Å²) in [7, 11) is 2.89. The van der Waals surface area contributed by atoms with Crippen molar-refractivity contribution in [3.05, 3.63) is 53.4 Å². The molecule has 0 N–H and O–H groups in total. The Morgan fingerprint density at radius 1 is 1.18 bits per heavy atom. The summed E-state index contributed by atoms with van der Waals surface area (Å²) >= 11 is 1.30. The Morgan fingerprint density at radius 2 is 1.97 bits per heavy atom. The van der Waals surface area contributed by atoms with E-state index in [-0.39, 0.29) is 0 Å². The zero-order chi connectivity index (χ0) is 24.1. The molecule has 176 valence electrons. The molecule has 4 rings (SSSR count). The number of carbonyl (C=O) groups excluding carboxylic acids is 1. The molecular formula is C24H24N4O5S. The lowest BCUT2D eigenvalue weighted by Gasteiger charge is -2.21. The number of carbonyl (C=O) groups is 1. The fraction of sp³-hybridized carbons (Fsp3) is 0.292. The van der Waals surface area contributed by atoms with Gasteiger partial charge in [0.25, 0.3) is 0 Å². The normalized spacial score (nSPS) is 13.8. The SMILES string of the molecule is COC(=O)/N=C(\SC)C(=Nc1ccc(-c2noc(C)n2)cc1)c1cc2c(c(OC)c1)OCCC2. The Balaban J connectivity index is 1.81. The molecular weight excluding hydrogens is 456 g/mol. The van der Waals surface area contributed by atoms with Crippen LogP contribution >= 0.6 is 11.8 Å². The summed E-state index contributed by atoms with van der Waals surface area (Å²) in [5.41, 5.74) is 3.77. The van der Waals surface area contributed by atoms with E-state index in [1.165, 1.54) is 18.9 Å². The highest BCUT2D eigenvalue weighted by atomic mass is 32.2. The second kappa shape index (κ2) is 10.5. The van der Waals surface area contributed by atoms with Crippen LogP contribution < -0.4 is 9.47 Å². The van der Waals surface area contributed by atoms with E-state index in [4.69, 9.17) is 23.7 Å². The third-order valence-corrected chi connectivity index (χ3v) is 5.79. The van der Waals surface area contributed by atoms with Gasteiger partial charge in [-0.1, -0.05) is 5.16 Å². The van der Waals surface area contributed by atoms with Gasteiger partial charge in [0.1, 0.15) is 10.8 Å². The largest absolute Gasteiger partial charge is 0.493 e. The van der Waals surface area contributed by atoms with Gasteiger partial charge in [-0.2, -0.15) is 9.98 Å². The van der Waals surface area contributed by atoms with E-state index in [0.717, 1.165) is 35.3 Å². The summed E-state index contributed by atoms with van der Waals surface area (Å²) < 4.78 is 21.2. The molecule has 0 unspecified atom stereocenters. The van der Waals surface area contributed by atoms with Crippen LogP contribution in [0.1, 0.15) is 23.4 Å². The first kappa shape index (κ1) is 23.5. The summed E-state index contributed by atoms with van der Waals surface area (Å²) in [6, 6.07) is 11.3. The van der Waals surface area contributed by atoms with E-state index < -0.39 is 6.09 Å². The highest BCUT2D eigenvalue weighted by Crippen LogP contribution is 2.37. The van der Waals surface area contributed by atoms with Crippen LogP contribution in [0, 0.1) is 6.92 Å². The van der Waals surface area contributed by atoms with Crippen molar-refractivity contribution in [1.29, 1.82) is 0 Å². The van der Waals surface area contributed by atoms with Crippen LogP contribution in [0.4, 0.5) is 10.5 Å². The highest BCUT2D eigenvalue weighted by molar-refractivity contribution is 8.15. The van der Waals surface area contributed by atoms with E-state index in [2.05, 4.69) is 15.1 Å². The molecule has 2 aromatic carbocycles. The lowest BCUT2D eigenvalue weighted by Crippen LogP contribution is -2.17. The molecule has 1 aliphatic heterocycles. The van der Waals surface area contributed by atoms with Gasteiger partial charge in [-0.15, -0.1) is 11.8 Å². The van der Waals surface area contributed by atoms with Gasteiger partial charge >= 0.3 is 6.09 Å². The van der Waals surface area contributed by atoms with Crippen molar-refractivity contribution in [3.8, 4) is 22.9 Å². The van der Waals surface area contributed by atoms with Gasteiger partial charge in [0.05, 0.1) is 26.5 Å². The highest BCUT2D eigenvalue weighted by Gasteiger charge is 2.22. The fourth-order valence-corrected chi connectivity index (χ4v) is 4.05. The minimum Gasteiger partial charge on any atom is -0.493 e. The first-order valence-corrected chi connectivity index (χ1v) is 11.8. The third kappa shape index (κ3) is 5.12. The number of rotatable bonds is 5. The van der Waals surface area contributed by atoms with Gasteiger partial charge in [-0.05, 0) is 61.1 Å². The first-order valence-electron chi connectivity index (χ1n) is 10.6. The predicted octanol–water partition coefficient (Wildman–Crippen LogP) is 5.03. The van der Waals surface area contributed by atoms with Crippen molar-refractivity contribution in [1.82, 2.24) is 10.1 Å². The van der Waals surface area contributed by atoms with Gasteiger partial charge in [0, 0.05) is 18.1 Å². The number of aliphatic imine (C=N–C) groups is 2. The molecule has 0 spiro atoms. The first-order chi connectivity index (χ1) is 16.5. The van der Waals surface area contributed by atoms with Crippen LogP contribution in [-0.2, 0) is 11.2 Å². The summed E-state index contributed by atoms with van der Waals surface area (Å²) in [6.45, 7) is 2.39. The van der Waals surface area contributed by atoms with Crippen LogP contribution in [0.3, 0.4) is 0 Å². The number of benzene rings is 2. The summed E-state index contributed by atoms with van der Waals surface area (Å²) in [4.78, 5) is 25.2. The van der Waals surface area contributed by atoms with E-state index in [1.54, 1.807) is 14.0 Å². The van der Waals surface area contributed by atoms with Crippen LogP contribution in [0.15, 0.2) is 50.9 Å². The Bertz CT molecular complexity index is 1230. The molecule has 0 fully saturated rings. The molecule has 0 atom stereocenters. The van der Waals surface area contributed by atoms with Crippen molar-refractivity contribution < 1.29 is 23.5 Å². The molecule has 0 saturated carbocycles. The Morgan fingerprint density at radius 3 is 2.62 bits per heavy atom. The molecule has 2 heterocycles. The van der Waals surface area contributed by atoms with E-state index >= 15 is 0 Å². The fourth-order valence-electron chi connectivity index (χ4n) is 3.52. The zero-order valence-corrected chi connectivity index (χ0v) is 20.1. The molecule has 0 bridgehead atoms. The Kier molecular flexibility index (Phi) is 7.27. The molecule has 34 heavy (non-hydrogen) atoms. The molecule has 0 radical (unpaired) electrons. The van der Waals surface area contributed by atoms with Crippen LogP contribution in [0.5, 0.6) is 11.5 Å². The lowest BCUT2D eigenvalue weighted by molar-refractivity contribution is 0.183. The number of aromatic nitrogens is 2. The van der Waals surface area contributed by atoms with Gasteiger partial charge in [-0.3, -0.25) is 0 Å². The average Bonchev–Trinajstić information content (AvgIpc) is 3.31. The third-order valence-electron chi connectivity index (χ3n) is 5.12. The smallest absolute Gasteiger partial charge is 0.434 e. The topological polar surface area (TPSA) is 108 Å². The van der Waals surface area contributed by atoms with E-state index in [0.29, 0.717) is 40.5 Å². The Hall–Kier alpha value is -3.66. The Labute approximate surface area is 201 Å². The van der Waals surface area contributed by atoms with Crippen LogP contribution in [0.25, 0.3) is 11.4 Å². The standard InChI is InChI=1S/C24H24N4O5S/c1-14-25-22(28-33-14)15-7-9-18(10-8-15)26-20(23(34-4)27-24(29)31-3)17-12-16-6-5-11-32-21(16)19(13-17)30-2/h7-10,12-13H,5-6,11H2,1-4H3/b26-20?,27-23-. The molecule has 1 amide bonds. The lowest BCUT2D eigenvalue weighted by atomic mass is 10.00. The van der Waals surface area contributed by atoms with Crippen LogP contribution in [-0.4, -0.2) is 54.1 Å². The van der Waals surface area contributed by atoms with Crippen molar-refractivity contribution in [2.45, 2.75) is 19.8 Å². The summed E-state index contributed by atoms with van der Waals surface area (Å²) in [5, 5.41) is 4.37. The van der Waals surface area contributed by atoms with Crippen molar-refractivity contribution in [2.24, 2.45) is 9.98 Å². The molecule has 3 aromatic rings. The van der Waals surface area contributed by atoms with E-state index in [1.807, 2.05) is 42.7 Å². The molecule has 9 nitrogen and oxygen atoms in total. The quantitative estimate of drug-likeness (QED) is 0.370. The molecule has 0 saturated heterocycles. The van der Waals surface area contributed by atoms with Crippen molar-refractivity contribution in [3.63, 3.8) is 0 Å². The second-order valence-corrected chi connectivity index (χ2v) is 8.15. The number of thioether (sulfide) groups is 1. The number of hydrogen-bond donors (Lipinski definition) is 0. The van der Waals surface area contributed by atoms with Gasteiger partial charge < -0.3 is 18.7 Å². The maximum atomic E-state index is 12.0. The number of fused-ring (bicyclic) bond motifs is 1. The number of aryl methyl sites for hydroxylation is 2. The van der Waals surface area contributed by atoms with Crippen LogP contribution in [0.2, 0.25) is 0 Å². The number of hydrogen-bond acceptors (Lipinski definition) is 9. The molecule has 1 aromatic heterocycles. The monoisotopic (exact) mass is 480 g/mol. The number of nitrogens with zero attached hydrogens (tertiary/aromatic N) is 4. The number of amides is 1. The van der Waals surface area contributed by atoms with Crippen molar-refractivity contribution in [2.75, 3.05) is 27.1 Å².